The fourth-order valence-electron chi connectivity index (χ4n) is 3.70. The molecule has 0 N–H and O–H groups in total. The third-order valence-corrected chi connectivity index (χ3v) is 6.61. The van der Waals surface area contributed by atoms with Crippen LogP contribution in [-0.4, -0.2) is 50.1 Å². The fraction of sp³-hybridized carbons (Fsp3) is 0.500. The van der Waals surface area contributed by atoms with Gasteiger partial charge < -0.3 is 9.47 Å². The third kappa shape index (κ3) is 4.66. The van der Waals surface area contributed by atoms with Crippen molar-refractivity contribution in [2.45, 2.75) is 45.8 Å². The van der Waals surface area contributed by atoms with Gasteiger partial charge in [0.2, 0.25) is 0 Å². The summed E-state index contributed by atoms with van der Waals surface area (Å²) in [6, 6.07) is 4.54. The van der Waals surface area contributed by atoms with Crippen LogP contribution in [0.2, 0.25) is 0 Å². The van der Waals surface area contributed by atoms with Gasteiger partial charge in [-0.1, -0.05) is 24.3 Å². The van der Waals surface area contributed by atoms with E-state index in [0.29, 0.717) is 24.1 Å². The van der Waals surface area contributed by atoms with Crippen LogP contribution >= 0.6 is 0 Å². The molecule has 29 heavy (non-hydrogen) atoms. The number of ether oxygens (including phenoxy) is 2. The van der Waals surface area contributed by atoms with Gasteiger partial charge in [0.25, 0.3) is 0 Å². The normalized spacial score (nSPS) is 23.4. The number of hydrogen-bond acceptors (Lipinski definition) is 5. The van der Waals surface area contributed by atoms with Crippen LogP contribution in [0.15, 0.2) is 41.5 Å². The van der Waals surface area contributed by atoms with E-state index in [1.54, 1.807) is 50.8 Å². The van der Waals surface area contributed by atoms with Gasteiger partial charge in [0.05, 0.1) is 28.7 Å². The summed E-state index contributed by atoms with van der Waals surface area (Å²) in [7, 11) is -5.72. The second-order valence-corrected chi connectivity index (χ2v) is 10.6. The molecule has 0 aliphatic carbocycles. The summed E-state index contributed by atoms with van der Waals surface area (Å²) in [4.78, 5) is 14.6. The molecule has 2 aliphatic heterocycles. The lowest BCUT2D eigenvalue weighted by atomic mass is 9.89. The maximum absolute atomic E-state index is 13.0. The highest BCUT2D eigenvalue weighted by atomic mass is 32.2. The Bertz CT molecular complexity index is 1070. The monoisotopic (exact) mass is 422 g/mol. The molecule has 1 amide bonds. The van der Waals surface area contributed by atoms with Crippen LogP contribution in [0.25, 0.3) is 0 Å². The number of carbonyl (C=O) groups is 1. The lowest BCUT2D eigenvalue weighted by Gasteiger charge is -2.32. The van der Waals surface area contributed by atoms with Crippen LogP contribution in [0.5, 0.6) is 5.75 Å². The standard InChI is InChI=1S/C22H29NO5S/c1-15-17(7-6-8-19(15)27-5)20-18(16-10-13-29(25,26)14-11-16)9-12-23(20)21(24)28-22(2,3)4/h6-10,20H,11-14H2,1-5H3/t20-/m1/s1/i5D3. The first kappa shape index (κ1) is 17.6. The molecule has 1 atom stereocenters. The van der Waals surface area contributed by atoms with Crippen molar-refractivity contribution in [3.63, 3.8) is 0 Å². The van der Waals surface area contributed by atoms with Crippen LogP contribution in [0.1, 0.15) is 48.5 Å². The molecule has 1 aromatic rings. The molecule has 0 spiro atoms. The number of hydrogen-bond donors (Lipinski definition) is 0. The molecule has 0 unspecified atom stereocenters. The maximum Gasteiger partial charge on any atom is 0.411 e. The Kier molecular flexibility index (Phi) is 4.76. The first-order chi connectivity index (χ1) is 14.7. The predicted molar refractivity (Wildman–Crippen MR) is 113 cm³/mol. The van der Waals surface area contributed by atoms with Crippen LogP contribution in [0.4, 0.5) is 4.79 Å². The van der Waals surface area contributed by atoms with Crippen molar-refractivity contribution in [1.82, 2.24) is 4.90 Å². The molecule has 158 valence electrons. The van der Waals surface area contributed by atoms with E-state index < -0.39 is 34.6 Å². The molecule has 0 radical (unpaired) electrons. The number of methoxy groups -OCH3 is 1. The van der Waals surface area contributed by atoms with E-state index in [1.165, 1.54) is 0 Å². The summed E-state index contributed by atoms with van der Waals surface area (Å²) < 4.78 is 56.9. The minimum atomic E-state index is -3.11. The van der Waals surface area contributed by atoms with Crippen molar-refractivity contribution in [1.29, 1.82) is 0 Å². The fourth-order valence-corrected chi connectivity index (χ4v) is 4.86. The molecule has 0 saturated heterocycles. The Morgan fingerprint density at radius 1 is 1.28 bits per heavy atom. The summed E-state index contributed by atoms with van der Waals surface area (Å²) >= 11 is 0. The summed E-state index contributed by atoms with van der Waals surface area (Å²) in [6.45, 7) is 7.40. The number of rotatable bonds is 3. The number of sulfone groups is 1. The second-order valence-electron chi connectivity index (χ2n) is 8.36. The smallest absolute Gasteiger partial charge is 0.411 e. The van der Waals surface area contributed by atoms with Crippen molar-refractivity contribution in [3.8, 4) is 5.75 Å². The maximum atomic E-state index is 13.0. The predicted octanol–water partition coefficient (Wildman–Crippen LogP) is 3.97. The van der Waals surface area contributed by atoms with Gasteiger partial charge in [-0.3, -0.25) is 4.90 Å². The summed E-state index contributed by atoms with van der Waals surface area (Å²) in [5, 5.41) is 0. The Hall–Kier alpha value is -2.28. The molecule has 6 nitrogen and oxygen atoms in total. The Labute approximate surface area is 177 Å². The van der Waals surface area contributed by atoms with E-state index in [9.17, 15) is 13.2 Å². The molecule has 3 rings (SSSR count). The average Bonchev–Trinajstić information content (AvgIpc) is 3.06. The first-order valence-electron chi connectivity index (χ1n) is 11.0. The van der Waals surface area contributed by atoms with Crippen molar-refractivity contribution < 1.29 is 26.8 Å². The van der Waals surface area contributed by atoms with Gasteiger partial charge in [-0.25, -0.2) is 13.2 Å². The highest BCUT2D eigenvalue weighted by molar-refractivity contribution is 7.91. The van der Waals surface area contributed by atoms with Gasteiger partial charge >= 0.3 is 6.09 Å². The molecule has 0 aromatic heterocycles. The third-order valence-electron chi connectivity index (χ3n) is 5.11. The zero-order valence-electron chi connectivity index (χ0n) is 20.2. The lowest BCUT2D eigenvalue weighted by Crippen LogP contribution is -2.38. The van der Waals surface area contributed by atoms with Crippen molar-refractivity contribution in [3.05, 3.63) is 52.6 Å². The van der Waals surface area contributed by atoms with E-state index in [4.69, 9.17) is 13.6 Å². The van der Waals surface area contributed by atoms with Gasteiger partial charge in [-0.2, -0.15) is 0 Å². The number of nitrogens with zero attached hydrogens (tertiary/aromatic N) is 1. The van der Waals surface area contributed by atoms with Crippen LogP contribution in [0.3, 0.4) is 0 Å². The number of carbonyl (C=O) groups excluding carboxylic acids is 1. The summed E-state index contributed by atoms with van der Waals surface area (Å²) in [5.41, 5.74) is 2.32. The van der Waals surface area contributed by atoms with Gasteiger partial charge in [-0.15, -0.1) is 0 Å². The lowest BCUT2D eigenvalue weighted by molar-refractivity contribution is 0.0235. The van der Waals surface area contributed by atoms with E-state index in [-0.39, 0.29) is 17.3 Å². The molecule has 2 heterocycles. The molecule has 0 bridgehead atoms. The van der Waals surface area contributed by atoms with E-state index in [0.717, 1.165) is 11.1 Å². The average molecular weight is 423 g/mol. The Balaban J connectivity index is 2.05. The first-order valence-corrected chi connectivity index (χ1v) is 11.4. The molecular formula is C22H29NO5S. The molecule has 0 fully saturated rings. The minimum absolute atomic E-state index is 0.0417. The van der Waals surface area contributed by atoms with Crippen molar-refractivity contribution in [2.24, 2.45) is 0 Å². The number of amides is 1. The van der Waals surface area contributed by atoms with Crippen molar-refractivity contribution >= 4 is 15.9 Å². The van der Waals surface area contributed by atoms with Gasteiger partial charge in [0, 0.05) is 6.54 Å². The topological polar surface area (TPSA) is 72.9 Å². The molecule has 2 aliphatic rings. The van der Waals surface area contributed by atoms with E-state index in [1.807, 2.05) is 12.1 Å². The zero-order chi connectivity index (χ0) is 23.9. The van der Waals surface area contributed by atoms with Crippen LogP contribution < -0.4 is 4.74 Å². The molecule has 7 heteroatoms. The summed E-state index contributed by atoms with van der Waals surface area (Å²) in [5.74, 6) is 0.217. The van der Waals surface area contributed by atoms with E-state index >= 15 is 0 Å². The molecule has 0 saturated carbocycles. The molecule has 1 aromatic carbocycles. The minimum Gasteiger partial charge on any atom is -0.496 e. The SMILES string of the molecule is [2H]C([2H])([2H])Oc1cccc([C@@H]2C(C3=CCS(=O)(=O)CC3)=CCN2C(=O)OC(C)(C)C)c1C. The van der Waals surface area contributed by atoms with Gasteiger partial charge in [0.1, 0.15) is 11.4 Å². The zero-order valence-corrected chi connectivity index (χ0v) is 18.0. The summed E-state index contributed by atoms with van der Waals surface area (Å²) in [6.07, 6.45) is 3.47. The van der Waals surface area contributed by atoms with Gasteiger partial charge in [-0.05, 0) is 62.5 Å². The highest BCUT2D eigenvalue weighted by Crippen LogP contribution is 2.42. The highest BCUT2D eigenvalue weighted by Gasteiger charge is 2.38. The van der Waals surface area contributed by atoms with Crippen LogP contribution in [-0.2, 0) is 14.6 Å². The van der Waals surface area contributed by atoms with E-state index in [2.05, 4.69) is 0 Å². The van der Waals surface area contributed by atoms with Gasteiger partial charge in [0.15, 0.2) is 9.84 Å². The second kappa shape index (κ2) is 7.86. The largest absolute Gasteiger partial charge is 0.496 e. The molecular weight excluding hydrogens is 390 g/mol. The van der Waals surface area contributed by atoms with Crippen LogP contribution in [0, 0.1) is 6.92 Å². The number of benzene rings is 1. The Morgan fingerprint density at radius 3 is 2.66 bits per heavy atom. The van der Waals surface area contributed by atoms with Crippen molar-refractivity contribution in [2.75, 3.05) is 25.1 Å². The Morgan fingerprint density at radius 2 is 2.03 bits per heavy atom. The quantitative estimate of drug-likeness (QED) is 0.737.